The van der Waals surface area contributed by atoms with Gasteiger partial charge in [-0.25, -0.2) is 0 Å². The molecule has 3 aromatic rings. The van der Waals surface area contributed by atoms with Crippen LogP contribution in [0.2, 0.25) is 0 Å². The molecule has 2 heterocycles. The molecule has 156 valence electrons. The van der Waals surface area contributed by atoms with Crippen molar-refractivity contribution >= 4 is 28.5 Å². The Hall–Kier alpha value is -3.28. The van der Waals surface area contributed by atoms with Gasteiger partial charge in [0, 0.05) is 48.2 Å². The number of carbonyl (C=O) groups excluding carboxylic acids is 1. The molecule has 1 aromatic heterocycles. The Morgan fingerprint density at radius 2 is 2.03 bits per heavy atom. The minimum atomic E-state index is 0.0569. The Morgan fingerprint density at radius 3 is 2.90 bits per heavy atom. The number of aliphatic imine (C=N–C) groups is 1. The smallest absolute Gasteiger partial charge is 0.225 e. The van der Waals surface area contributed by atoms with Crippen molar-refractivity contribution in [3.63, 3.8) is 0 Å². The first kappa shape index (κ1) is 20.0. The zero-order valence-corrected chi connectivity index (χ0v) is 17.6. The minimum Gasteiger partial charge on any atom is -0.361 e. The maximum atomic E-state index is 12.0. The lowest BCUT2D eigenvalue weighted by atomic mass is 9.91. The SMILES string of the molecule is CCNC(=NCC1CC(=O)Nc2ccccc21)NCCc1c[nH]c2c(C)cccc12. The van der Waals surface area contributed by atoms with E-state index in [1.807, 2.05) is 18.2 Å². The van der Waals surface area contributed by atoms with E-state index in [0.717, 1.165) is 36.7 Å². The van der Waals surface area contributed by atoms with Crippen LogP contribution in [0.15, 0.2) is 53.7 Å². The van der Waals surface area contributed by atoms with E-state index in [0.29, 0.717) is 13.0 Å². The highest BCUT2D eigenvalue weighted by Gasteiger charge is 2.24. The second kappa shape index (κ2) is 9.03. The molecule has 0 fully saturated rings. The topological polar surface area (TPSA) is 81.3 Å². The van der Waals surface area contributed by atoms with Gasteiger partial charge in [-0.3, -0.25) is 9.79 Å². The lowest BCUT2D eigenvalue weighted by Gasteiger charge is -2.24. The lowest BCUT2D eigenvalue weighted by Crippen LogP contribution is -2.38. The third-order valence-electron chi connectivity index (χ3n) is 5.62. The van der Waals surface area contributed by atoms with E-state index in [1.165, 1.54) is 22.0 Å². The molecule has 1 atom stereocenters. The molecule has 0 radical (unpaired) electrons. The number of anilines is 1. The van der Waals surface area contributed by atoms with Crippen LogP contribution in [0, 0.1) is 6.92 Å². The molecule has 1 aliphatic rings. The molecule has 0 aliphatic carbocycles. The first-order valence-electron chi connectivity index (χ1n) is 10.6. The Bertz CT molecular complexity index is 1070. The van der Waals surface area contributed by atoms with E-state index in [9.17, 15) is 4.79 Å². The van der Waals surface area contributed by atoms with Gasteiger partial charge in [0.2, 0.25) is 5.91 Å². The summed E-state index contributed by atoms with van der Waals surface area (Å²) in [6.45, 7) is 6.34. The van der Waals surface area contributed by atoms with Crippen molar-refractivity contribution in [3.05, 3.63) is 65.4 Å². The molecule has 4 N–H and O–H groups in total. The van der Waals surface area contributed by atoms with Crippen molar-refractivity contribution in [1.29, 1.82) is 0 Å². The Balaban J connectivity index is 1.41. The van der Waals surface area contributed by atoms with Crippen LogP contribution in [0.3, 0.4) is 0 Å². The van der Waals surface area contributed by atoms with Crippen LogP contribution in [0.1, 0.15) is 36.0 Å². The summed E-state index contributed by atoms with van der Waals surface area (Å²) in [5.41, 5.74) is 5.84. The number of hydrogen-bond acceptors (Lipinski definition) is 2. The zero-order chi connectivity index (χ0) is 20.9. The summed E-state index contributed by atoms with van der Waals surface area (Å²) in [4.78, 5) is 20.2. The number of aryl methyl sites for hydroxylation is 1. The van der Waals surface area contributed by atoms with E-state index >= 15 is 0 Å². The number of H-pyrrole nitrogens is 1. The van der Waals surface area contributed by atoms with Crippen molar-refractivity contribution in [2.45, 2.75) is 32.6 Å². The summed E-state index contributed by atoms with van der Waals surface area (Å²) in [7, 11) is 0. The second-order valence-electron chi connectivity index (χ2n) is 7.74. The molecule has 0 saturated heterocycles. The number of para-hydroxylation sites is 2. The number of rotatable bonds is 6. The molecule has 1 unspecified atom stereocenters. The van der Waals surface area contributed by atoms with Crippen LogP contribution in [0.5, 0.6) is 0 Å². The van der Waals surface area contributed by atoms with Gasteiger partial charge in [0.05, 0.1) is 6.54 Å². The number of nitrogens with one attached hydrogen (secondary N) is 4. The normalized spacial score (nSPS) is 16.3. The van der Waals surface area contributed by atoms with Crippen molar-refractivity contribution < 1.29 is 4.79 Å². The number of aromatic amines is 1. The fourth-order valence-corrected chi connectivity index (χ4v) is 4.09. The quantitative estimate of drug-likeness (QED) is 0.374. The van der Waals surface area contributed by atoms with E-state index in [2.05, 4.69) is 65.2 Å². The monoisotopic (exact) mass is 403 g/mol. The van der Waals surface area contributed by atoms with Gasteiger partial charge in [0.15, 0.2) is 5.96 Å². The average Bonchev–Trinajstić information content (AvgIpc) is 3.16. The van der Waals surface area contributed by atoms with E-state index in [1.54, 1.807) is 0 Å². The second-order valence-corrected chi connectivity index (χ2v) is 7.74. The molecular weight excluding hydrogens is 374 g/mol. The number of guanidine groups is 1. The van der Waals surface area contributed by atoms with Gasteiger partial charge < -0.3 is 20.9 Å². The van der Waals surface area contributed by atoms with E-state index < -0.39 is 0 Å². The van der Waals surface area contributed by atoms with Crippen LogP contribution < -0.4 is 16.0 Å². The van der Waals surface area contributed by atoms with Gasteiger partial charge in [0.1, 0.15) is 0 Å². The summed E-state index contributed by atoms with van der Waals surface area (Å²) in [6, 6.07) is 14.4. The van der Waals surface area contributed by atoms with Crippen LogP contribution in [-0.2, 0) is 11.2 Å². The Morgan fingerprint density at radius 1 is 1.17 bits per heavy atom. The molecule has 0 spiro atoms. The molecule has 6 nitrogen and oxygen atoms in total. The zero-order valence-electron chi connectivity index (χ0n) is 17.6. The number of amides is 1. The van der Waals surface area contributed by atoms with Crippen LogP contribution >= 0.6 is 0 Å². The van der Waals surface area contributed by atoms with Crippen molar-refractivity contribution in [1.82, 2.24) is 15.6 Å². The number of nitrogens with zero attached hydrogens (tertiary/aromatic N) is 1. The minimum absolute atomic E-state index is 0.0569. The highest BCUT2D eigenvalue weighted by Crippen LogP contribution is 2.32. The summed E-state index contributed by atoms with van der Waals surface area (Å²) >= 11 is 0. The molecule has 1 amide bonds. The molecule has 2 aromatic carbocycles. The Labute approximate surface area is 177 Å². The van der Waals surface area contributed by atoms with Gasteiger partial charge in [-0.2, -0.15) is 0 Å². The van der Waals surface area contributed by atoms with Crippen molar-refractivity contribution in [2.24, 2.45) is 4.99 Å². The summed E-state index contributed by atoms with van der Waals surface area (Å²) in [5, 5.41) is 11.0. The van der Waals surface area contributed by atoms with Crippen LogP contribution in [-0.4, -0.2) is 36.5 Å². The van der Waals surface area contributed by atoms with Gasteiger partial charge in [-0.15, -0.1) is 0 Å². The van der Waals surface area contributed by atoms with Gasteiger partial charge in [-0.05, 0) is 43.0 Å². The predicted octanol–water partition coefficient (Wildman–Crippen LogP) is 3.70. The predicted molar refractivity (Wildman–Crippen MR) is 123 cm³/mol. The van der Waals surface area contributed by atoms with Crippen LogP contribution in [0.4, 0.5) is 5.69 Å². The number of fused-ring (bicyclic) bond motifs is 2. The standard InChI is InChI=1S/C24H29N5O/c1-3-25-24(26-12-11-17-14-27-23-16(2)7-6-9-20(17)23)28-15-18-13-22(30)29-21-10-5-4-8-19(18)21/h4-10,14,18,27H,3,11-13,15H2,1-2H3,(H,29,30)(H2,25,26,28). The van der Waals surface area contributed by atoms with Gasteiger partial charge in [-0.1, -0.05) is 36.4 Å². The maximum Gasteiger partial charge on any atom is 0.225 e. The number of carbonyl (C=O) groups is 1. The first-order valence-corrected chi connectivity index (χ1v) is 10.6. The highest BCUT2D eigenvalue weighted by atomic mass is 16.1. The van der Waals surface area contributed by atoms with Crippen LogP contribution in [0.25, 0.3) is 10.9 Å². The summed E-state index contributed by atoms with van der Waals surface area (Å²) in [5.74, 6) is 0.945. The largest absolute Gasteiger partial charge is 0.361 e. The third kappa shape index (κ3) is 4.32. The molecule has 6 heteroatoms. The number of hydrogen-bond donors (Lipinski definition) is 4. The Kier molecular flexibility index (Phi) is 6.02. The van der Waals surface area contributed by atoms with Gasteiger partial charge >= 0.3 is 0 Å². The number of benzene rings is 2. The van der Waals surface area contributed by atoms with Gasteiger partial charge in [0.25, 0.3) is 0 Å². The van der Waals surface area contributed by atoms with Crippen molar-refractivity contribution in [2.75, 3.05) is 25.0 Å². The summed E-state index contributed by atoms with van der Waals surface area (Å²) in [6.07, 6.45) is 3.47. The first-order chi connectivity index (χ1) is 14.7. The third-order valence-corrected chi connectivity index (χ3v) is 5.62. The maximum absolute atomic E-state index is 12.0. The fourth-order valence-electron chi connectivity index (χ4n) is 4.09. The molecule has 1 aliphatic heterocycles. The summed E-state index contributed by atoms with van der Waals surface area (Å²) < 4.78 is 0. The lowest BCUT2D eigenvalue weighted by molar-refractivity contribution is -0.116. The van der Waals surface area contributed by atoms with Crippen molar-refractivity contribution in [3.8, 4) is 0 Å². The average molecular weight is 404 g/mol. The molecular formula is C24H29N5O. The van der Waals surface area contributed by atoms with E-state index in [4.69, 9.17) is 4.99 Å². The number of aromatic nitrogens is 1. The molecule has 0 bridgehead atoms. The molecule has 4 rings (SSSR count). The van der Waals surface area contributed by atoms with E-state index in [-0.39, 0.29) is 11.8 Å². The fraction of sp³-hybridized carbons (Fsp3) is 0.333. The highest BCUT2D eigenvalue weighted by molar-refractivity contribution is 5.94. The molecule has 0 saturated carbocycles. The molecule has 30 heavy (non-hydrogen) atoms.